The number of thioether (sulfide) groups is 1. The number of aryl methyl sites for hydroxylation is 1. The monoisotopic (exact) mass is 412 g/mol. The van der Waals surface area contributed by atoms with Gasteiger partial charge in [-0.3, -0.25) is 9.59 Å². The number of hydrogen-bond donors (Lipinski definition) is 1. The van der Waals surface area contributed by atoms with Crippen LogP contribution in [-0.4, -0.2) is 35.1 Å². The molecule has 4 nitrogen and oxygen atoms in total. The van der Waals surface area contributed by atoms with E-state index in [1.807, 2.05) is 37.3 Å². The van der Waals surface area contributed by atoms with Gasteiger partial charge in [0.25, 0.3) is 0 Å². The fraction of sp³-hybridized carbons (Fsp3) is 0.417. The van der Waals surface area contributed by atoms with Crippen LogP contribution >= 0.6 is 11.8 Å². The molecule has 2 amide bonds. The Morgan fingerprint density at radius 2 is 1.76 bits per heavy atom. The highest BCUT2D eigenvalue weighted by Gasteiger charge is 2.25. The molecule has 0 bridgehead atoms. The molecule has 0 saturated carbocycles. The minimum Gasteiger partial charge on any atom is -0.354 e. The molecule has 0 aliphatic rings. The largest absolute Gasteiger partial charge is 0.354 e. The van der Waals surface area contributed by atoms with Gasteiger partial charge in [-0.15, -0.1) is 11.8 Å². The maximum Gasteiger partial charge on any atom is 0.242 e. The first-order chi connectivity index (χ1) is 14.0. The lowest BCUT2D eigenvalue weighted by Crippen LogP contribution is -2.47. The number of nitrogens with zero attached hydrogens (tertiary/aromatic N) is 1. The molecule has 0 aliphatic heterocycles. The standard InChI is InChI=1S/C24H32N2O2S/c1-4-5-16-25-24(28)20(3)26(18-21-9-7-6-8-10-21)23(27)15-17-29-22-13-11-19(2)12-14-22/h6-14,20H,4-5,15-18H2,1-3H3,(H,25,28)/t20-/m0/s1. The second-order valence-corrected chi connectivity index (χ2v) is 8.41. The fourth-order valence-corrected chi connectivity index (χ4v) is 3.77. The van der Waals surface area contributed by atoms with Crippen molar-refractivity contribution in [1.29, 1.82) is 0 Å². The van der Waals surface area contributed by atoms with Crippen molar-refractivity contribution < 1.29 is 9.59 Å². The molecule has 156 valence electrons. The molecule has 2 aromatic rings. The third-order valence-corrected chi connectivity index (χ3v) is 5.81. The quantitative estimate of drug-likeness (QED) is 0.426. The zero-order valence-electron chi connectivity index (χ0n) is 17.7. The Bertz CT molecular complexity index is 762. The van der Waals surface area contributed by atoms with Crippen LogP contribution in [0.3, 0.4) is 0 Å². The lowest BCUT2D eigenvalue weighted by atomic mass is 10.1. The second kappa shape index (κ2) is 12.3. The maximum atomic E-state index is 13.0. The first kappa shape index (κ1) is 23.0. The lowest BCUT2D eigenvalue weighted by Gasteiger charge is -2.29. The first-order valence-corrected chi connectivity index (χ1v) is 11.3. The molecule has 29 heavy (non-hydrogen) atoms. The van der Waals surface area contributed by atoms with Gasteiger partial charge in [-0.2, -0.15) is 0 Å². The average Bonchev–Trinajstić information content (AvgIpc) is 2.73. The van der Waals surface area contributed by atoms with Crippen molar-refractivity contribution in [3.05, 3.63) is 65.7 Å². The molecule has 2 rings (SSSR count). The predicted molar refractivity (Wildman–Crippen MR) is 121 cm³/mol. The Labute approximate surface area is 179 Å². The number of benzene rings is 2. The summed E-state index contributed by atoms with van der Waals surface area (Å²) < 4.78 is 0. The second-order valence-electron chi connectivity index (χ2n) is 7.24. The summed E-state index contributed by atoms with van der Waals surface area (Å²) in [6, 6.07) is 17.7. The van der Waals surface area contributed by atoms with Crippen molar-refractivity contribution in [2.24, 2.45) is 0 Å². The molecule has 5 heteroatoms. The van der Waals surface area contributed by atoms with Gasteiger partial charge in [-0.05, 0) is 38.0 Å². The third-order valence-electron chi connectivity index (χ3n) is 4.80. The highest BCUT2D eigenvalue weighted by atomic mass is 32.2. The Morgan fingerprint density at radius 3 is 2.41 bits per heavy atom. The SMILES string of the molecule is CCCCNC(=O)[C@H](C)N(Cc1ccccc1)C(=O)CCSc1ccc(C)cc1. The van der Waals surface area contributed by atoms with E-state index in [4.69, 9.17) is 0 Å². The zero-order chi connectivity index (χ0) is 21.1. The summed E-state index contributed by atoms with van der Waals surface area (Å²) in [7, 11) is 0. The first-order valence-electron chi connectivity index (χ1n) is 10.3. The molecule has 0 saturated heterocycles. The van der Waals surface area contributed by atoms with Gasteiger partial charge in [0.1, 0.15) is 6.04 Å². The molecule has 0 aliphatic carbocycles. The number of unbranched alkanes of at least 4 members (excludes halogenated alkanes) is 1. The van der Waals surface area contributed by atoms with Crippen molar-refractivity contribution in [2.45, 2.75) is 57.5 Å². The van der Waals surface area contributed by atoms with E-state index in [9.17, 15) is 9.59 Å². The Kier molecular flexibility index (Phi) is 9.78. The minimum atomic E-state index is -0.496. The molecule has 1 N–H and O–H groups in total. The number of amides is 2. The summed E-state index contributed by atoms with van der Waals surface area (Å²) in [6.07, 6.45) is 2.37. The summed E-state index contributed by atoms with van der Waals surface area (Å²) in [5, 5.41) is 2.95. The molecular formula is C24H32N2O2S. The van der Waals surface area contributed by atoms with Crippen LogP contribution in [0.2, 0.25) is 0 Å². The summed E-state index contributed by atoms with van der Waals surface area (Å²) in [6.45, 7) is 7.06. The topological polar surface area (TPSA) is 49.4 Å². The molecule has 0 unspecified atom stereocenters. The minimum absolute atomic E-state index is 0.00612. The van der Waals surface area contributed by atoms with E-state index in [-0.39, 0.29) is 11.8 Å². The van der Waals surface area contributed by atoms with E-state index < -0.39 is 6.04 Å². The predicted octanol–water partition coefficient (Wildman–Crippen LogP) is 4.81. The van der Waals surface area contributed by atoms with Gasteiger partial charge in [0.2, 0.25) is 11.8 Å². The van der Waals surface area contributed by atoms with Crippen molar-refractivity contribution in [1.82, 2.24) is 10.2 Å². The fourth-order valence-electron chi connectivity index (χ4n) is 2.93. The Hall–Kier alpha value is -2.27. The summed E-state index contributed by atoms with van der Waals surface area (Å²) in [5.41, 5.74) is 2.25. The summed E-state index contributed by atoms with van der Waals surface area (Å²) >= 11 is 1.67. The van der Waals surface area contributed by atoms with Gasteiger partial charge in [-0.1, -0.05) is 61.4 Å². The van der Waals surface area contributed by atoms with E-state index in [1.165, 1.54) is 5.56 Å². The number of nitrogens with one attached hydrogen (secondary N) is 1. The maximum absolute atomic E-state index is 13.0. The van der Waals surface area contributed by atoms with Crippen molar-refractivity contribution in [2.75, 3.05) is 12.3 Å². The van der Waals surface area contributed by atoms with Crippen LogP contribution in [0.5, 0.6) is 0 Å². The number of carbonyl (C=O) groups is 2. The molecule has 0 spiro atoms. The van der Waals surface area contributed by atoms with Crippen LogP contribution in [0.15, 0.2) is 59.5 Å². The van der Waals surface area contributed by atoms with E-state index in [0.29, 0.717) is 25.3 Å². The van der Waals surface area contributed by atoms with Crippen LogP contribution in [0, 0.1) is 6.92 Å². The lowest BCUT2D eigenvalue weighted by molar-refractivity contribution is -0.140. The number of hydrogen-bond acceptors (Lipinski definition) is 3. The van der Waals surface area contributed by atoms with Gasteiger partial charge in [0.05, 0.1) is 0 Å². The smallest absolute Gasteiger partial charge is 0.242 e. The molecule has 0 radical (unpaired) electrons. The summed E-state index contributed by atoms with van der Waals surface area (Å²) in [5.74, 6) is 0.609. The molecule has 0 fully saturated rings. The van der Waals surface area contributed by atoms with E-state index in [0.717, 1.165) is 23.3 Å². The Balaban J connectivity index is 1.99. The summed E-state index contributed by atoms with van der Waals surface area (Å²) in [4.78, 5) is 28.4. The number of rotatable bonds is 11. The third kappa shape index (κ3) is 7.94. The highest BCUT2D eigenvalue weighted by molar-refractivity contribution is 7.99. The zero-order valence-corrected chi connectivity index (χ0v) is 18.5. The van der Waals surface area contributed by atoms with E-state index in [1.54, 1.807) is 16.7 Å². The van der Waals surface area contributed by atoms with Gasteiger partial charge in [-0.25, -0.2) is 0 Å². The average molecular weight is 413 g/mol. The van der Waals surface area contributed by atoms with Crippen LogP contribution < -0.4 is 5.32 Å². The van der Waals surface area contributed by atoms with Crippen LogP contribution in [0.4, 0.5) is 0 Å². The van der Waals surface area contributed by atoms with Gasteiger partial charge in [0.15, 0.2) is 0 Å². The normalized spacial score (nSPS) is 11.7. The highest BCUT2D eigenvalue weighted by Crippen LogP contribution is 2.20. The van der Waals surface area contributed by atoms with Crippen molar-refractivity contribution >= 4 is 23.6 Å². The van der Waals surface area contributed by atoms with Crippen molar-refractivity contribution in [3.63, 3.8) is 0 Å². The van der Waals surface area contributed by atoms with Gasteiger partial charge < -0.3 is 10.2 Å². The Morgan fingerprint density at radius 1 is 1.07 bits per heavy atom. The van der Waals surface area contributed by atoms with E-state index >= 15 is 0 Å². The van der Waals surface area contributed by atoms with Crippen LogP contribution in [-0.2, 0) is 16.1 Å². The van der Waals surface area contributed by atoms with Crippen LogP contribution in [0.1, 0.15) is 44.2 Å². The molecule has 0 aromatic heterocycles. The van der Waals surface area contributed by atoms with Crippen LogP contribution in [0.25, 0.3) is 0 Å². The molecule has 2 aromatic carbocycles. The van der Waals surface area contributed by atoms with E-state index in [2.05, 4.69) is 43.4 Å². The van der Waals surface area contributed by atoms with Gasteiger partial charge in [0, 0.05) is 30.2 Å². The molecular weight excluding hydrogens is 380 g/mol. The molecule has 1 atom stereocenters. The molecule has 0 heterocycles. The van der Waals surface area contributed by atoms with Crippen molar-refractivity contribution in [3.8, 4) is 0 Å². The van der Waals surface area contributed by atoms with Gasteiger partial charge >= 0.3 is 0 Å². The number of carbonyl (C=O) groups excluding carboxylic acids is 2.